The van der Waals surface area contributed by atoms with Crippen LogP contribution in [0.1, 0.15) is 19.3 Å². The van der Waals surface area contributed by atoms with E-state index >= 15 is 0 Å². The fraction of sp³-hybridized carbons (Fsp3) is 0.400. The third-order valence-corrected chi connectivity index (χ3v) is 3.06. The van der Waals surface area contributed by atoms with E-state index < -0.39 is 0 Å². The van der Waals surface area contributed by atoms with Crippen molar-refractivity contribution in [3.63, 3.8) is 0 Å². The molecule has 3 nitrogen and oxygen atoms in total. The second kappa shape index (κ2) is 8.96. The third-order valence-electron chi connectivity index (χ3n) is 3.06. The molecule has 0 unspecified atom stereocenters. The molecule has 1 fully saturated rings. The summed E-state index contributed by atoms with van der Waals surface area (Å²) in [5.41, 5.74) is 1.09. The lowest BCUT2D eigenvalue weighted by Gasteiger charge is -2.30. The minimum absolute atomic E-state index is 0. The Hall–Kier alpha value is -1.04. The molecule has 1 aromatic carbocycles. The summed E-state index contributed by atoms with van der Waals surface area (Å²) in [6.07, 6.45) is 5.67. The number of likely N-dealkylation sites (tertiary alicyclic amines) is 1. The lowest BCUT2D eigenvalue weighted by atomic mass is 10.1. The van der Waals surface area contributed by atoms with Crippen molar-refractivity contribution in [2.45, 2.75) is 19.3 Å². The second-order valence-corrected chi connectivity index (χ2v) is 4.49. The molecule has 0 atom stereocenters. The normalized spacial score (nSPS) is 15.6. The Morgan fingerprint density at radius 2 is 1.89 bits per heavy atom. The number of benzene rings is 1. The van der Waals surface area contributed by atoms with Gasteiger partial charge in [-0.05, 0) is 31.4 Å². The lowest BCUT2D eigenvalue weighted by molar-refractivity contribution is 0.341. The Morgan fingerprint density at radius 1 is 1.21 bits per heavy atom. The van der Waals surface area contributed by atoms with Crippen molar-refractivity contribution in [1.29, 1.82) is 0 Å². The van der Waals surface area contributed by atoms with E-state index in [9.17, 15) is 0 Å². The molecular weight excluding hydrogens is 349 g/mol. The van der Waals surface area contributed by atoms with Crippen molar-refractivity contribution in [3.05, 3.63) is 43.0 Å². The van der Waals surface area contributed by atoms with Crippen molar-refractivity contribution >= 4 is 35.6 Å². The second-order valence-electron chi connectivity index (χ2n) is 4.49. The molecule has 1 saturated heterocycles. The molecule has 0 radical (unpaired) electrons. The largest absolute Gasteiger partial charge is 0.343 e. The Morgan fingerprint density at radius 3 is 2.53 bits per heavy atom. The monoisotopic (exact) mass is 371 g/mol. The molecule has 104 valence electrons. The van der Waals surface area contributed by atoms with Gasteiger partial charge in [0.05, 0.1) is 6.54 Å². The molecule has 1 aromatic rings. The van der Waals surface area contributed by atoms with Gasteiger partial charge in [-0.15, -0.1) is 30.6 Å². The molecule has 1 heterocycles. The first-order valence-corrected chi connectivity index (χ1v) is 6.62. The van der Waals surface area contributed by atoms with Crippen LogP contribution in [0.2, 0.25) is 0 Å². The average Bonchev–Trinajstić information content (AvgIpc) is 2.45. The van der Waals surface area contributed by atoms with Gasteiger partial charge in [-0.1, -0.05) is 24.3 Å². The van der Waals surface area contributed by atoms with Gasteiger partial charge >= 0.3 is 0 Å². The van der Waals surface area contributed by atoms with Crippen molar-refractivity contribution in [2.24, 2.45) is 4.99 Å². The first-order valence-electron chi connectivity index (χ1n) is 6.62. The van der Waals surface area contributed by atoms with Gasteiger partial charge in [0.1, 0.15) is 0 Å². The van der Waals surface area contributed by atoms with Gasteiger partial charge in [-0.3, -0.25) is 0 Å². The molecule has 0 bridgehead atoms. The van der Waals surface area contributed by atoms with Gasteiger partial charge in [-0.25, -0.2) is 4.99 Å². The standard InChI is InChI=1S/C15H21N3.HI/c1-2-11-16-15(18-12-7-4-8-13-18)17-14-9-5-3-6-10-14;/h2-3,5-6,9-10H,1,4,7-8,11-13H2,(H,16,17);1H. The van der Waals surface area contributed by atoms with Gasteiger partial charge in [0.25, 0.3) is 0 Å². The Kier molecular flexibility index (Phi) is 7.55. The minimum Gasteiger partial charge on any atom is -0.343 e. The number of hydrogen-bond donors (Lipinski definition) is 1. The molecule has 1 aliphatic heterocycles. The summed E-state index contributed by atoms with van der Waals surface area (Å²) in [7, 11) is 0. The quantitative estimate of drug-likeness (QED) is 0.379. The molecule has 4 heteroatoms. The Bertz CT molecular complexity index is 397. The molecule has 1 aliphatic rings. The molecule has 0 spiro atoms. The maximum absolute atomic E-state index is 4.57. The minimum atomic E-state index is 0. The van der Waals surface area contributed by atoms with E-state index in [0.717, 1.165) is 24.7 Å². The maximum atomic E-state index is 4.57. The topological polar surface area (TPSA) is 27.6 Å². The average molecular weight is 371 g/mol. The van der Waals surface area contributed by atoms with Crippen molar-refractivity contribution < 1.29 is 0 Å². The van der Waals surface area contributed by atoms with Crippen LogP contribution in [0.15, 0.2) is 48.0 Å². The zero-order valence-electron chi connectivity index (χ0n) is 11.2. The number of aliphatic imine (C=N–C) groups is 1. The summed E-state index contributed by atoms with van der Waals surface area (Å²) in [4.78, 5) is 6.91. The lowest BCUT2D eigenvalue weighted by Crippen LogP contribution is -2.40. The van der Waals surface area contributed by atoms with E-state index in [4.69, 9.17) is 0 Å². The van der Waals surface area contributed by atoms with Gasteiger partial charge < -0.3 is 10.2 Å². The maximum Gasteiger partial charge on any atom is 0.198 e. The van der Waals surface area contributed by atoms with Crippen LogP contribution in [-0.4, -0.2) is 30.5 Å². The zero-order valence-corrected chi connectivity index (χ0v) is 13.5. The summed E-state index contributed by atoms with van der Waals surface area (Å²) in [6.45, 7) is 6.58. The molecule has 0 amide bonds. The van der Waals surface area contributed by atoms with Crippen LogP contribution >= 0.6 is 24.0 Å². The summed E-state index contributed by atoms with van der Waals surface area (Å²) < 4.78 is 0. The molecule has 2 rings (SSSR count). The van der Waals surface area contributed by atoms with Crippen molar-refractivity contribution in [3.8, 4) is 0 Å². The van der Waals surface area contributed by atoms with Crippen LogP contribution in [-0.2, 0) is 0 Å². The number of guanidine groups is 1. The fourth-order valence-corrected chi connectivity index (χ4v) is 2.13. The molecular formula is C15H22IN3. The van der Waals surface area contributed by atoms with E-state index in [1.807, 2.05) is 24.3 Å². The molecule has 0 aliphatic carbocycles. The predicted molar refractivity (Wildman–Crippen MR) is 93.4 cm³/mol. The van der Waals surface area contributed by atoms with E-state index in [1.165, 1.54) is 19.3 Å². The number of rotatable bonds is 3. The van der Waals surface area contributed by atoms with Gasteiger partial charge in [0, 0.05) is 18.8 Å². The van der Waals surface area contributed by atoms with E-state index in [1.54, 1.807) is 0 Å². The first kappa shape index (κ1) is 16.0. The number of halogens is 1. The predicted octanol–water partition coefficient (Wildman–Crippen LogP) is 3.74. The van der Waals surface area contributed by atoms with E-state index in [2.05, 4.69) is 33.9 Å². The SMILES string of the molecule is C=CCN=C(Nc1ccccc1)N1CCCCC1.I. The Labute approximate surface area is 132 Å². The molecule has 0 aromatic heterocycles. The number of piperidine rings is 1. The van der Waals surface area contributed by atoms with Crippen molar-refractivity contribution in [2.75, 3.05) is 25.0 Å². The van der Waals surface area contributed by atoms with Crippen LogP contribution in [0.3, 0.4) is 0 Å². The molecule has 0 saturated carbocycles. The van der Waals surface area contributed by atoms with Crippen LogP contribution < -0.4 is 5.32 Å². The smallest absolute Gasteiger partial charge is 0.198 e. The summed E-state index contributed by atoms with van der Waals surface area (Å²) >= 11 is 0. The highest BCUT2D eigenvalue weighted by Gasteiger charge is 2.14. The summed E-state index contributed by atoms with van der Waals surface area (Å²) in [6, 6.07) is 10.2. The highest BCUT2D eigenvalue weighted by atomic mass is 127. The van der Waals surface area contributed by atoms with Crippen LogP contribution in [0.25, 0.3) is 0 Å². The van der Waals surface area contributed by atoms with Crippen molar-refractivity contribution in [1.82, 2.24) is 4.90 Å². The van der Waals surface area contributed by atoms with E-state index in [-0.39, 0.29) is 24.0 Å². The first-order chi connectivity index (χ1) is 8.90. The van der Waals surface area contributed by atoms with Gasteiger partial charge in [0.2, 0.25) is 0 Å². The third kappa shape index (κ3) is 5.22. The van der Waals surface area contributed by atoms with Crippen LogP contribution in [0, 0.1) is 0 Å². The van der Waals surface area contributed by atoms with Gasteiger partial charge in [-0.2, -0.15) is 0 Å². The van der Waals surface area contributed by atoms with Crippen LogP contribution in [0.4, 0.5) is 5.69 Å². The zero-order chi connectivity index (χ0) is 12.6. The fourth-order valence-electron chi connectivity index (χ4n) is 2.13. The summed E-state index contributed by atoms with van der Waals surface area (Å²) in [5, 5.41) is 3.41. The number of nitrogens with one attached hydrogen (secondary N) is 1. The highest BCUT2D eigenvalue weighted by molar-refractivity contribution is 14.0. The number of hydrogen-bond acceptors (Lipinski definition) is 1. The number of para-hydroxylation sites is 1. The molecule has 19 heavy (non-hydrogen) atoms. The van der Waals surface area contributed by atoms with Crippen LogP contribution in [0.5, 0.6) is 0 Å². The number of nitrogens with zero attached hydrogens (tertiary/aromatic N) is 2. The number of anilines is 1. The highest BCUT2D eigenvalue weighted by Crippen LogP contribution is 2.12. The van der Waals surface area contributed by atoms with E-state index in [0.29, 0.717) is 6.54 Å². The molecule has 1 N–H and O–H groups in total. The summed E-state index contributed by atoms with van der Waals surface area (Å²) in [5.74, 6) is 0.973. The van der Waals surface area contributed by atoms with Gasteiger partial charge in [0.15, 0.2) is 5.96 Å². The Balaban J connectivity index is 0.00000180.